The number of rotatable bonds is 2. The third-order valence-corrected chi connectivity index (χ3v) is 1.01. The number of halogens is 1. The van der Waals surface area contributed by atoms with Crippen molar-refractivity contribution in [1.29, 1.82) is 0 Å². The summed E-state index contributed by atoms with van der Waals surface area (Å²) < 4.78 is 8.63. The van der Waals surface area contributed by atoms with Crippen LogP contribution in [-0.2, 0) is 0 Å². The summed E-state index contributed by atoms with van der Waals surface area (Å²) in [6, 6.07) is 2.17. The summed E-state index contributed by atoms with van der Waals surface area (Å²) in [5.41, 5.74) is -1.11. The quantitative estimate of drug-likeness (QED) is 0.405. The van der Waals surface area contributed by atoms with Crippen LogP contribution in [0.5, 0.6) is 5.95 Å². The fourth-order valence-electron chi connectivity index (χ4n) is 0.543. The summed E-state index contributed by atoms with van der Waals surface area (Å²) in [5, 5.41) is 10.0. The minimum Gasteiger partial charge on any atom is -0.380 e. The minimum atomic E-state index is -1.11. The summed E-state index contributed by atoms with van der Waals surface area (Å²) in [5.74, 6) is -0.815. The Balaban J connectivity index is 2.77. The number of nitrogens with zero attached hydrogens (tertiary/aromatic N) is 1. The fraction of sp³-hybridized carbons (Fsp3) is 0. The van der Waals surface area contributed by atoms with E-state index in [9.17, 15) is 14.9 Å². The molecule has 0 fully saturated rings. The Labute approximate surface area is 70.8 Å². The number of nitro groups is 1. The van der Waals surface area contributed by atoms with Crippen molar-refractivity contribution in [2.75, 3.05) is 0 Å². The van der Waals surface area contributed by atoms with E-state index in [2.05, 4.69) is 9.15 Å². The first-order valence-electron chi connectivity index (χ1n) is 2.71. The van der Waals surface area contributed by atoms with Crippen LogP contribution in [0.15, 0.2) is 16.5 Å². The molecule has 0 aliphatic rings. The molecule has 0 atom stereocenters. The molecule has 1 aromatic rings. The first-order chi connectivity index (χ1) is 5.59. The Morgan fingerprint density at radius 3 is 2.75 bits per heavy atom. The minimum absolute atomic E-state index is 0.304. The van der Waals surface area contributed by atoms with E-state index in [1.54, 1.807) is 0 Å². The summed E-state index contributed by atoms with van der Waals surface area (Å²) in [7, 11) is 0. The van der Waals surface area contributed by atoms with E-state index < -0.39 is 16.2 Å². The van der Waals surface area contributed by atoms with Crippen molar-refractivity contribution in [3.63, 3.8) is 0 Å². The van der Waals surface area contributed by atoms with Crippen LogP contribution in [0.25, 0.3) is 0 Å². The Morgan fingerprint density at radius 2 is 2.33 bits per heavy atom. The number of furan rings is 1. The second-order valence-electron chi connectivity index (χ2n) is 1.69. The zero-order chi connectivity index (χ0) is 9.14. The van der Waals surface area contributed by atoms with Crippen molar-refractivity contribution >= 4 is 22.9 Å². The maximum atomic E-state index is 10.1. The number of carbonyl (C=O) groups excluding carboxylic acids is 1. The molecule has 0 spiro atoms. The molecule has 7 heteroatoms. The van der Waals surface area contributed by atoms with E-state index in [1.165, 1.54) is 0 Å². The molecule has 0 N–H and O–H groups in total. The van der Waals surface area contributed by atoms with Gasteiger partial charge in [0, 0.05) is 17.7 Å². The molecule has 1 rings (SSSR count). The molecule has 0 aliphatic carbocycles. The molecule has 0 saturated heterocycles. The second-order valence-corrected chi connectivity index (χ2v) is 2.00. The van der Waals surface area contributed by atoms with Gasteiger partial charge in [-0.25, -0.2) is 4.79 Å². The highest BCUT2D eigenvalue weighted by molar-refractivity contribution is 6.61. The highest BCUT2D eigenvalue weighted by Gasteiger charge is 2.13. The first kappa shape index (κ1) is 8.54. The molecular formula is C5H2ClNO5. The lowest BCUT2D eigenvalue weighted by Crippen LogP contribution is -1.93. The van der Waals surface area contributed by atoms with E-state index in [-0.39, 0.29) is 5.95 Å². The molecule has 0 aromatic carbocycles. The first-order valence-corrected chi connectivity index (χ1v) is 3.09. The Hall–Kier alpha value is -1.56. The monoisotopic (exact) mass is 191 g/mol. The molecule has 0 radical (unpaired) electrons. The predicted molar refractivity (Wildman–Crippen MR) is 37.2 cm³/mol. The normalized spacial score (nSPS) is 9.42. The predicted octanol–water partition coefficient (Wildman–Crippen LogP) is 1.93. The maximum Gasteiger partial charge on any atom is 0.436 e. The molecule has 12 heavy (non-hydrogen) atoms. The average Bonchev–Trinajstić information content (AvgIpc) is 2.34. The van der Waals surface area contributed by atoms with Crippen LogP contribution >= 0.6 is 11.6 Å². The Morgan fingerprint density at radius 1 is 1.67 bits per heavy atom. The van der Waals surface area contributed by atoms with Gasteiger partial charge in [0.2, 0.25) is 0 Å². The van der Waals surface area contributed by atoms with E-state index in [1.807, 2.05) is 0 Å². The molecule has 0 amide bonds. The van der Waals surface area contributed by atoms with Crippen molar-refractivity contribution < 1.29 is 18.9 Å². The fourth-order valence-corrected chi connectivity index (χ4v) is 0.619. The van der Waals surface area contributed by atoms with Crippen molar-refractivity contribution in [1.82, 2.24) is 0 Å². The second kappa shape index (κ2) is 3.22. The van der Waals surface area contributed by atoms with Crippen molar-refractivity contribution in [3.8, 4) is 5.95 Å². The third kappa shape index (κ3) is 1.96. The highest BCUT2D eigenvalue weighted by Crippen LogP contribution is 2.22. The Kier molecular flexibility index (Phi) is 2.29. The summed E-state index contributed by atoms with van der Waals surface area (Å²) >= 11 is 4.81. The lowest BCUT2D eigenvalue weighted by Gasteiger charge is -1.89. The molecule has 0 bridgehead atoms. The molecule has 0 unspecified atom stereocenters. The van der Waals surface area contributed by atoms with Crippen molar-refractivity contribution in [3.05, 3.63) is 22.2 Å². The van der Waals surface area contributed by atoms with Gasteiger partial charge in [-0.05, 0) is 0 Å². The SMILES string of the molecule is O=C(Cl)Oc1ccc([N+](=O)[O-])o1. The molecule has 64 valence electrons. The van der Waals surface area contributed by atoms with Gasteiger partial charge in [-0.3, -0.25) is 10.1 Å². The molecule has 0 aliphatic heterocycles. The zero-order valence-corrected chi connectivity index (χ0v) is 6.28. The smallest absolute Gasteiger partial charge is 0.380 e. The molecule has 1 heterocycles. The van der Waals surface area contributed by atoms with Gasteiger partial charge < -0.3 is 9.15 Å². The van der Waals surface area contributed by atoms with Gasteiger partial charge in [0.15, 0.2) is 0 Å². The number of ether oxygens (including phenoxy) is 1. The van der Waals surface area contributed by atoms with Gasteiger partial charge in [0.05, 0.1) is 6.07 Å². The van der Waals surface area contributed by atoms with Gasteiger partial charge in [-0.15, -0.1) is 0 Å². The Bertz CT molecular complexity index is 319. The van der Waals surface area contributed by atoms with E-state index in [0.29, 0.717) is 0 Å². The van der Waals surface area contributed by atoms with Crippen LogP contribution in [-0.4, -0.2) is 10.4 Å². The summed E-state index contributed by atoms with van der Waals surface area (Å²) in [6.07, 6.45) is 0. The lowest BCUT2D eigenvalue weighted by molar-refractivity contribution is -0.402. The standard InChI is InChI=1S/C5H2ClNO5/c6-5(8)12-4-2-1-3(11-4)7(9)10/h1-2H. The maximum absolute atomic E-state index is 10.1. The number of carbonyl (C=O) groups is 1. The van der Waals surface area contributed by atoms with Crippen LogP contribution in [0.3, 0.4) is 0 Å². The van der Waals surface area contributed by atoms with Crippen LogP contribution in [0.2, 0.25) is 0 Å². The van der Waals surface area contributed by atoms with Crippen LogP contribution < -0.4 is 4.74 Å². The van der Waals surface area contributed by atoms with E-state index in [4.69, 9.17) is 11.6 Å². The molecular weight excluding hydrogens is 190 g/mol. The van der Waals surface area contributed by atoms with Gasteiger partial charge in [0.1, 0.15) is 4.92 Å². The lowest BCUT2D eigenvalue weighted by atomic mass is 10.6. The van der Waals surface area contributed by atoms with E-state index in [0.717, 1.165) is 12.1 Å². The molecule has 1 aromatic heterocycles. The summed E-state index contributed by atoms with van der Waals surface area (Å²) in [6.45, 7) is 0. The van der Waals surface area contributed by atoms with Gasteiger partial charge in [0.25, 0.3) is 5.95 Å². The average molecular weight is 192 g/mol. The number of hydrogen-bond acceptors (Lipinski definition) is 5. The largest absolute Gasteiger partial charge is 0.436 e. The van der Waals surface area contributed by atoms with Crippen molar-refractivity contribution in [2.45, 2.75) is 0 Å². The number of hydrogen-bond donors (Lipinski definition) is 0. The third-order valence-electron chi connectivity index (χ3n) is 0.928. The molecule has 6 nitrogen and oxygen atoms in total. The van der Waals surface area contributed by atoms with Crippen LogP contribution in [0.1, 0.15) is 0 Å². The van der Waals surface area contributed by atoms with Crippen molar-refractivity contribution in [2.24, 2.45) is 0 Å². The van der Waals surface area contributed by atoms with Crippen LogP contribution in [0.4, 0.5) is 10.7 Å². The van der Waals surface area contributed by atoms with E-state index >= 15 is 0 Å². The molecule has 0 saturated carbocycles. The zero-order valence-electron chi connectivity index (χ0n) is 5.52. The van der Waals surface area contributed by atoms with Gasteiger partial charge in [-0.1, -0.05) is 0 Å². The van der Waals surface area contributed by atoms with Gasteiger partial charge >= 0.3 is 11.3 Å². The highest BCUT2D eigenvalue weighted by atomic mass is 35.5. The van der Waals surface area contributed by atoms with Crippen LogP contribution in [0, 0.1) is 10.1 Å². The topological polar surface area (TPSA) is 82.6 Å². The van der Waals surface area contributed by atoms with Gasteiger partial charge in [-0.2, -0.15) is 0 Å². The summed E-state index contributed by atoms with van der Waals surface area (Å²) in [4.78, 5) is 19.4.